The number of nitrogens with zero attached hydrogens (tertiary/aromatic N) is 3. The zero-order valence-electron chi connectivity index (χ0n) is 25.2. The number of aromatic nitrogens is 3. The van der Waals surface area contributed by atoms with Gasteiger partial charge in [-0.3, -0.25) is 4.79 Å². The van der Waals surface area contributed by atoms with Gasteiger partial charge in [0.2, 0.25) is 17.8 Å². The summed E-state index contributed by atoms with van der Waals surface area (Å²) in [5.41, 5.74) is 8.11. The fourth-order valence-corrected chi connectivity index (χ4v) is 4.86. The van der Waals surface area contributed by atoms with E-state index in [1.165, 1.54) is 25.7 Å². The van der Waals surface area contributed by atoms with Gasteiger partial charge >= 0.3 is 0 Å². The van der Waals surface area contributed by atoms with Crippen molar-refractivity contribution in [3.8, 4) is 0 Å². The topological polar surface area (TPSA) is 148 Å². The van der Waals surface area contributed by atoms with Gasteiger partial charge in [-0.1, -0.05) is 62.2 Å². The third kappa shape index (κ3) is 11.8. The first-order valence-corrected chi connectivity index (χ1v) is 15.3. The van der Waals surface area contributed by atoms with Gasteiger partial charge in [0, 0.05) is 38.3 Å². The molecule has 0 aliphatic heterocycles. The standard InChI is InChI=1S/C32H46N8O3/c1-24-7-9-26(10-8-24)22-36-31-38-30(35-21-25-5-3-2-4-6-25)39-32(40-31)37-23-27-11-13-28(14-12-27)29(41)34-16-18-43-20-19-42-17-15-33/h2-6,11-14,24,26H,7-10,15-23,33H2,1H3,(H,34,41)(H3,35,36,37,38,39,40). The number of carbonyl (C=O) groups excluding carboxylic acids is 1. The van der Waals surface area contributed by atoms with E-state index in [-0.39, 0.29) is 5.91 Å². The van der Waals surface area contributed by atoms with Crippen LogP contribution in [0.15, 0.2) is 54.6 Å². The highest BCUT2D eigenvalue weighted by Crippen LogP contribution is 2.28. The molecule has 0 radical (unpaired) electrons. The second-order valence-corrected chi connectivity index (χ2v) is 11.0. The largest absolute Gasteiger partial charge is 0.378 e. The maximum Gasteiger partial charge on any atom is 0.251 e. The monoisotopic (exact) mass is 590 g/mol. The van der Waals surface area contributed by atoms with Gasteiger partial charge < -0.3 is 36.5 Å². The maximum absolute atomic E-state index is 12.5. The molecule has 0 unspecified atom stereocenters. The molecule has 3 aromatic rings. The van der Waals surface area contributed by atoms with E-state index < -0.39 is 0 Å². The fraction of sp³-hybridized carbons (Fsp3) is 0.500. The number of hydrogen-bond donors (Lipinski definition) is 5. The summed E-state index contributed by atoms with van der Waals surface area (Å²) in [6, 6.07) is 17.6. The van der Waals surface area contributed by atoms with Gasteiger partial charge in [-0.05, 0) is 47.9 Å². The molecule has 1 amide bonds. The van der Waals surface area contributed by atoms with Crippen molar-refractivity contribution in [3.05, 3.63) is 71.3 Å². The number of benzene rings is 2. The molecule has 1 aliphatic rings. The van der Waals surface area contributed by atoms with E-state index in [0.717, 1.165) is 23.6 Å². The maximum atomic E-state index is 12.5. The van der Waals surface area contributed by atoms with Crippen LogP contribution in [0.25, 0.3) is 0 Å². The number of carbonyl (C=O) groups is 1. The van der Waals surface area contributed by atoms with Crippen molar-refractivity contribution in [2.75, 3.05) is 62.0 Å². The van der Waals surface area contributed by atoms with Gasteiger partial charge in [-0.2, -0.15) is 15.0 Å². The van der Waals surface area contributed by atoms with Crippen molar-refractivity contribution >= 4 is 23.8 Å². The molecule has 0 saturated heterocycles. The molecule has 1 fully saturated rings. The van der Waals surface area contributed by atoms with Crippen LogP contribution in [0, 0.1) is 11.8 Å². The Morgan fingerprint density at radius 1 is 0.767 bits per heavy atom. The van der Waals surface area contributed by atoms with Crippen LogP contribution in [0.2, 0.25) is 0 Å². The summed E-state index contributed by atoms with van der Waals surface area (Å²) >= 11 is 0. The Kier molecular flexibility index (Phi) is 13.4. The van der Waals surface area contributed by atoms with E-state index in [9.17, 15) is 4.79 Å². The van der Waals surface area contributed by atoms with Crippen LogP contribution in [0.1, 0.15) is 54.1 Å². The average molecular weight is 591 g/mol. The summed E-state index contributed by atoms with van der Waals surface area (Å²) in [5, 5.41) is 13.0. The molecular weight excluding hydrogens is 544 g/mol. The first-order chi connectivity index (χ1) is 21.1. The molecule has 0 atom stereocenters. The summed E-state index contributed by atoms with van der Waals surface area (Å²) in [7, 11) is 0. The molecule has 1 saturated carbocycles. The van der Waals surface area contributed by atoms with E-state index in [4.69, 9.17) is 15.2 Å². The lowest BCUT2D eigenvalue weighted by Crippen LogP contribution is -2.27. The highest BCUT2D eigenvalue weighted by Gasteiger charge is 2.18. The molecule has 11 heteroatoms. The summed E-state index contributed by atoms with van der Waals surface area (Å²) in [6.45, 7) is 7.14. The zero-order valence-corrected chi connectivity index (χ0v) is 25.2. The SMILES string of the molecule is CC1CCC(CNc2nc(NCc3ccccc3)nc(NCc3ccc(C(=O)NCCOCCOCCN)cc3)n2)CC1. The predicted molar refractivity (Wildman–Crippen MR) is 170 cm³/mol. The van der Waals surface area contributed by atoms with Crippen LogP contribution in [0.4, 0.5) is 17.8 Å². The van der Waals surface area contributed by atoms with Gasteiger partial charge in [0.25, 0.3) is 5.91 Å². The van der Waals surface area contributed by atoms with Crippen molar-refractivity contribution in [1.29, 1.82) is 0 Å². The Bertz CT molecular complexity index is 1220. The first kappa shape index (κ1) is 32.1. The quantitative estimate of drug-likeness (QED) is 0.137. The number of hydrogen-bond acceptors (Lipinski definition) is 10. The van der Waals surface area contributed by atoms with Crippen LogP contribution in [-0.4, -0.2) is 66.9 Å². The first-order valence-electron chi connectivity index (χ1n) is 15.3. The Morgan fingerprint density at radius 2 is 1.35 bits per heavy atom. The molecule has 1 aliphatic carbocycles. The van der Waals surface area contributed by atoms with Crippen molar-refractivity contribution in [3.63, 3.8) is 0 Å². The molecule has 43 heavy (non-hydrogen) atoms. The van der Waals surface area contributed by atoms with Crippen LogP contribution in [0.5, 0.6) is 0 Å². The molecule has 232 valence electrons. The third-order valence-electron chi connectivity index (χ3n) is 7.45. The molecule has 4 rings (SSSR count). The van der Waals surface area contributed by atoms with Crippen LogP contribution < -0.4 is 27.0 Å². The lowest BCUT2D eigenvalue weighted by atomic mass is 9.83. The number of anilines is 3. The highest BCUT2D eigenvalue weighted by atomic mass is 16.5. The van der Waals surface area contributed by atoms with E-state index in [1.807, 2.05) is 42.5 Å². The van der Waals surface area contributed by atoms with E-state index in [2.05, 4.69) is 55.3 Å². The number of nitrogens with two attached hydrogens (primary N) is 1. The molecule has 2 aromatic carbocycles. The highest BCUT2D eigenvalue weighted by molar-refractivity contribution is 5.94. The van der Waals surface area contributed by atoms with Gasteiger partial charge in [0.05, 0.1) is 26.4 Å². The van der Waals surface area contributed by atoms with E-state index >= 15 is 0 Å². The van der Waals surface area contributed by atoms with Crippen molar-refractivity contribution < 1.29 is 14.3 Å². The van der Waals surface area contributed by atoms with Crippen LogP contribution in [-0.2, 0) is 22.6 Å². The van der Waals surface area contributed by atoms with Gasteiger partial charge in [-0.25, -0.2) is 0 Å². The number of nitrogens with one attached hydrogen (secondary N) is 4. The molecule has 1 aromatic heterocycles. The molecular formula is C32H46N8O3. The second-order valence-electron chi connectivity index (χ2n) is 11.0. The summed E-state index contributed by atoms with van der Waals surface area (Å²) in [4.78, 5) is 26.4. The van der Waals surface area contributed by atoms with Crippen molar-refractivity contribution in [2.24, 2.45) is 17.6 Å². The van der Waals surface area contributed by atoms with Crippen LogP contribution in [0.3, 0.4) is 0 Å². The normalized spacial score (nSPS) is 16.4. The lowest BCUT2D eigenvalue weighted by Gasteiger charge is -2.26. The predicted octanol–water partition coefficient (Wildman–Crippen LogP) is 4.06. The van der Waals surface area contributed by atoms with Crippen molar-refractivity contribution in [1.82, 2.24) is 20.3 Å². The molecule has 0 bridgehead atoms. The second kappa shape index (κ2) is 18.0. The fourth-order valence-electron chi connectivity index (χ4n) is 4.86. The zero-order chi connectivity index (χ0) is 30.1. The minimum Gasteiger partial charge on any atom is -0.378 e. The Labute approximate surface area is 254 Å². The van der Waals surface area contributed by atoms with Gasteiger partial charge in [0.1, 0.15) is 0 Å². The summed E-state index contributed by atoms with van der Waals surface area (Å²) in [6.07, 6.45) is 5.02. The molecule has 0 spiro atoms. The lowest BCUT2D eigenvalue weighted by molar-refractivity contribution is 0.0511. The number of amides is 1. The third-order valence-corrected chi connectivity index (χ3v) is 7.45. The Balaban J connectivity index is 1.28. The van der Waals surface area contributed by atoms with E-state index in [1.54, 1.807) is 0 Å². The Morgan fingerprint density at radius 3 is 1.98 bits per heavy atom. The molecule has 6 N–H and O–H groups in total. The van der Waals surface area contributed by atoms with Gasteiger partial charge in [0.15, 0.2) is 0 Å². The van der Waals surface area contributed by atoms with Crippen molar-refractivity contribution in [2.45, 2.75) is 45.7 Å². The minimum atomic E-state index is -0.141. The summed E-state index contributed by atoms with van der Waals surface area (Å²) < 4.78 is 10.7. The smallest absolute Gasteiger partial charge is 0.251 e. The van der Waals surface area contributed by atoms with Crippen LogP contribution >= 0.6 is 0 Å². The molecule has 1 heterocycles. The molecule has 11 nitrogen and oxygen atoms in total. The minimum absolute atomic E-state index is 0.141. The number of ether oxygens (including phenoxy) is 2. The van der Waals surface area contributed by atoms with Gasteiger partial charge in [-0.15, -0.1) is 0 Å². The number of rotatable bonds is 18. The average Bonchev–Trinajstić information content (AvgIpc) is 3.04. The Hall–Kier alpha value is -3.80. The van der Waals surface area contributed by atoms with E-state index in [0.29, 0.717) is 81.9 Å². The summed E-state index contributed by atoms with van der Waals surface area (Å²) in [5.74, 6) is 2.87.